The summed E-state index contributed by atoms with van der Waals surface area (Å²) in [4.78, 5) is 28.9. The average Bonchev–Trinajstić information content (AvgIpc) is 3.38. The zero-order valence-electron chi connectivity index (χ0n) is 18.6. The molecule has 2 amide bonds. The van der Waals surface area contributed by atoms with Crippen molar-refractivity contribution in [2.24, 2.45) is 0 Å². The van der Waals surface area contributed by atoms with Gasteiger partial charge in [-0.15, -0.1) is 0 Å². The number of nitrogens with one attached hydrogen (secondary N) is 2. The number of aliphatic hydroxyl groups is 1. The van der Waals surface area contributed by atoms with Gasteiger partial charge in [-0.05, 0) is 61.7 Å². The van der Waals surface area contributed by atoms with Crippen LogP contribution >= 0.6 is 0 Å². The Hall–Kier alpha value is -3.86. The molecule has 1 aliphatic carbocycles. The number of hydrogen-bond acceptors (Lipinski definition) is 6. The summed E-state index contributed by atoms with van der Waals surface area (Å²) in [6.45, 7) is 1.42. The highest BCUT2D eigenvalue weighted by Gasteiger charge is 2.51. The number of halogens is 3. The van der Waals surface area contributed by atoms with Crippen molar-refractivity contribution in [1.82, 2.24) is 15.6 Å². The van der Waals surface area contributed by atoms with Gasteiger partial charge in [0.2, 0.25) is 5.91 Å². The van der Waals surface area contributed by atoms with Crippen molar-refractivity contribution in [2.45, 2.75) is 44.1 Å². The Labute approximate surface area is 198 Å². The summed E-state index contributed by atoms with van der Waals surface area (Å²) < 4.78 is 50.8. The van der Waals surface area contributed by atoms with E-state index in [1.807, 2.05) is 0 Å². The molecular weight excluding hydrogens is 467 g/mol. The molecule has 8 nitrogen and oxygen atoms in total. The minimum Gasteiger partial charge on any atom is -0.459 e. The van der Waals surface area contributed by atoms with Gasteiger partial charge in [0.15, 0.2) is 5.76 Å². The molecule has 0 saturated heterocycles. The van der Waals surface area contributed by atoms with E-state index < -0.39 is 35.0 Å². The number of pyridine rings is 1. The monoisotopic (exact) mass is 489 g/mol. The second kappa shape index (κ2) is 9.41. The number of aliphatic hydroxyl groups excluding tert-OH is 1. The van der Waals surface area contributed by atoms with Crippen LogP contribution < -0.4 is 15.4 Å². The molecule has 11 heteroatoms. The van der Waals surface area contributed by atoms with Crippen molar-refractivity contribution in [3.63, 3.8) is 0 Å². The van der Waals surface area contributed by atoms with Gasteiger partial charge in [0, 0.05) is 0 Å². The number of ether oxygens (including phenoxy) is 1. The fourth-order valence-electron chi connectivity index (χ4n) is 3.38. The SMILES string of the molecule is CC(O)c1ccc(Oc2ccc(CNC(=O)C3(NC(=O)c4ccco4)CC3)nc2)c(C(F)(F)F)c1. The lowest BCUT2D eigenvalue weighted by Crippen LogP contribution is -2.48. The van der Waals surface area contributed by atoms with E-state index in [1.54, 1.807) is 6.07 Å². The molecule has 35 heavy (non-hydrogen) atoms. The molecule has 0 spiro atoms. The van der Waals surface area contributed by atoms with E-state index in [9.17, 15) is 27.9 Å². The second-order valence-corrected chi connectivity index (χ2v) is 8.21. The zero-order chi connectivity index (χ0) is 25.2. The molecule has 1 aliphatic rings. The number of hydrogen-bond donors (Lipinski definition) is 3. The van der Waals surface area contributed by atoms with Crippen LogP contribution in [0.2, 0.25) is 0 Å². The number of aromatic nitrogens is 1. The molecule has 1 saturated carbocycles. The Morgan fingerprint density at radius 2 is 2.00 bits per heavy atom. The number of nitrogens with zero attached hydrogens (tertiary/aromatic N) is 1. The molecule has 0 aliphatic heterocycles. The van der Waals surface area contributed by atoms with Gasteiger partial charge < -0.3 is 24.9 Å². The normalized spacial score (nSPS) is 15.2. The smallest absolute Gasteiger partial charge is 0.419 e. The van der Waals surface area contributed by atoms with Gasteiger partial charge in [-0.2, -0.15) is 13.2 Å². The minimum atomic E-state index is -4.68. The molecular formula is C24H22F3N3O5. The molecule has 0 radical (unpaired) electrons. The maximum absolute atomic E-state index is 13.4. The van der Waals surface area contributed by atoms with Crippen molar-refractivity contribution < 1.29 is 37.0 Å². The summed E-state index contributed by atoms with van der Waals surface area (Å²) in [6.07, 6.45) is -2.16. The third-order valence-electron chi connectivity index (χ3n) is 5.53. The van der Waals surface area contributed by atoms with E-state index >= 15 is 0 Å². The van der Waals surface area contributed by atoms with E-state index in [1.165, 1.54) is 43.6 Å². The first-order valence-electron chi connectivity index (χ1n) is 10.7. The Bertz CT molecular complexity index is 1200. The first-order valence-corrected chi connectivity index (χ1v) is 10.7. The zero-order valence-corrected chi connectivity index (χ0v) is 18.6. The van der Waals surface area contributed by atoms with Gasteiger partial charge in [-0.25, -0.2) is 0 Å². The van der Waals surface area contributed by atoms with Crippen LogP contribution in [0.1, 0.15) is 53.2 Å². The van der Waals surface area contributed by atoms with Crippen LogP contribution in [0.25, 0.3) is 0 Å². The summed E-state index contributed by atoms with van der Waals surface area (Å²) in [6, 6.07) is 9.35. The predicted molar refractivity (Wildman–Crippen MR) is 116 cm³/mol. The van der Waals surface area contributed by atoms with Crippen LogP contribution in [0.4, 0.5) is 13.2 Å². The van der Waals surface area contributed by atoms with Crippen molar-refractivity contribution in [3.05, 3.63) is 77.5 Å². The summed E-state index contributed by atoms with van der Waals surface area (Å²) in [5.41, 5.74) is -1.46. The first-order chi connectivity index (χ1) is 16.6. The maximum Gasteiger partial charge on any atom is 0.419 e. The van der Waals surface area contributed by atoms with Gasteiger partial charge in [0.1, 0.15) is 17.0 Å². The lowest BCUT2D eigenvalue weighted by atomic mass is 10.1. The van der Waals surface area contributed by atoms with Crippen LogP contribution in [0.5, 0.6) is 11.5 Å². The Morgan fingerprint density at radius 3 is 2.57 bits per heavy atom. The van der Waals surface area contributed by atoms with Crippen molar-refractivity contribution >= 4 is 11.8 Å². The maximum atomic E-state index is 13.4. The summed E-state index contributed by atoms with van der Waals surface area (Å²) >= 11 is 0. The number of alkyl halides is 3. The molecule has 2 heterocycles. The molecule has 3 N–H and O–H groups in total. The predicted octanol–water partition coefficient (Wildman–Crippen LogP) is 4.12. The van der Waals surface area contributed by atoms with Crippen LogP contribution in [-0.4, -0.2) is 27.4 Å². The van der Waals surface area contributed by atoms with E-state index in [4.69, 9.17) is 9.15 Å². The van der Waals surface area contributed by atoms with E-state index in [0.29, 0.717) is 18.5 Å². The van der Waals surface area contributed by atoms with Crippen molar-refractivity contribution in [3.8, 4) is 11.5 Å². The standard InChI is InChI=1S/C24H22F3N3O5/c1-14(31)15-4-7-19(18(11-15)24(25,26)27)35-17-6-5-16(28-13-17)12-29-22(33)23(8-9-23)30-21(32)20-3-2-10-34-20/h2-7,10-11,13-14,31H,8-9,12H2,1H3,(H,29,33)(H,30,32). The molecule has 4 rings (SSSR count). The lowest BCUT2D eigenvalue weighted by molar-refractivity contribution is -0.138. The van der Waals surface area contributed by atoms with Crippen molar-refractivity contribution in [1.29, 1.82) is 0 Å². The van der Waals surface area contributed by atoms with Crippen molar-refractivity contribution in [2.75, 3.05) is 0 Å². The second-order valence-electron chi connectivity index (χ2n) is 8.21. The third-order valence-corrected chi connectivity index (χ3v) is 5.53. The van der Waals surface area contributed by atoms with Gasteiger partial charge in [-0.1, -0.05) is 6.07 Å². The number of furan rings is 1. The van der Waals surface area contributed by atoms with Crippen LogP contribution in [0.3, 0.4) is 0 Å². The quantitative estimate of drug-likeness (QED) is 0.439. The lowest BCUT2D eigenvalue weighted by Gasteiger charge is -2.17. The first kappa shape index (κ1) is 24.3. The Morgan fingerprint density at radius 1 is 1.23 bits per heavy atom. The largest absolute Gasteiger partial charge is 0.459 e. The van der Waals surface area contributed by atoms with Crippen LogP contribution in [0.15, 0.2) is 59.3 Å². The summed E-state index contributed by atoms with van der Waals surface area (Å²) in [7, 11) is 0. The van der Waals surface area contributed by atoms with E-state index in [2.05, 4.69) is 15.6 Å². The number of carbonyl (C=O) groups is 2. The molecule has 1 aromatic carbocycles. The highest BCUT2D eigenvalue weighted by molar-refractivity contribution is 5.99. The molecule has 3 aromatic rings. The van der Waals surface area contributed by atoms with Gasteiger partial charge >= 0.3 is 6.18 Å². The molecule has 1 atom stereocenters. The third kappa shape index (κ3) is 5.62. The molecule has 0 bridgehead atoms. The number of amides is 2. The molecule has 1 unspecified atom stereocenters. The topological polar surface area (TPSA) is 114 Å². The molecule has 184 valence electrons. The minimum absolute atomic E-state index is 0.0500. The highest BCUT2D eigenvalue weighted by Crippen LogP contribution is 2.39. The highest BCUT2D eigenvalue weighted by atomic mass is 19.4. The van der Waals surface area contributed by atoms with E-state index in [0.717, 1.165) is 12.1 Å². The fraction of sp³-hybridized carbons (Fsp3) is 0.292. The number of carbonyl (C=O) groups excluding carboxylic acids is 2. The van der Waals surface area contributed by atoms with Gasteiger partial charge in [-0.3, -0.25) is 14.6 Å². The number of benzene rings is 1. The van der Waals surface area contributed by atoms with E-state index in [-0.39, 0.29) is 29.5 Å². The molecule has 2 aromatic heterocycles. The fourth-order valence-corrected chi connectivity index (χ4v) is 3.38. The molecule has 1 fully saturated rings. The Kier molecular flexibility index (Phi) is 6.53. The van der Waals surface area contributed by atoms with Crippen LogP contribution in [0, 0.1) is 0 Å². The summed E-state index contributed by atoms with van der Waals surface area (Å²) in [5.74, 6) is -1.10. The van der Waals surface area contributed by atoms with Gasteiger partial charge in [0.25, 0.3) is 5.91 Å². The van der Waals surface area contributed by atoms with Gasteiger partial charge in [0.05, 0.1) is 36.4 Å². The Balaban J connectivity index is 1.37. The average molecular weight is 489 g/mol. The summed E-state index contributed by atoms with van der Waals surface area (Å²) in [5, 5.41) is 15.0. The number of rotatable bonds is 8. The van der Waals surface area contributed by atoms with Crippen LogP contribution in [-0.2, 0) is 17.5 Å².